The molecule has 3 nitrogen and oxygen atoms in total. The Morgan fingerprint density at radius 2 is 1.96 bits per heavy atom. The highest BCUT2D eigenvalue weighted by molar-refractivity contribution is 7.99. The third-order valence-corrected chi connectivity index (χ3v) is 6.29. The van der Waals surface area contributed by atoms with Gasteiger partial charge in [0.25, 0.3) is 5.91 Å². The zero-order valence-corrected chi connectivity index (χ0v) is 15.3. The number of benzene rings is 1. The summed E-state index contributed by atoms with van der Waals surface area (Å²) in [5.74, 6) is 1.04. The van der Waals surface area contributed by atoms with Crippen molar-refractivity contribution in [3.05, 3.63) is 77.1 Å². The van der Waals surface area contributed by atoms with Gasteiger partial charge in [-0.05, 0) is 36.2 Å². The Morgan fingerprint density at radius 1 is 1.12 bits per heavy atom. The maximum atomic E-state index is 12.9. The van der Waals surface area contributed by atoms with Crippen molar-refractivity contribution in [1.29, 1.82) is 0 Å². The average Bonchev–Trinajstić information content (AvgIpc) is 2.92. The fourth-order valence-electron chi connectivity index (χ4n) is 3.31. The molecule has 1 amide bonds. The monoisotopic (exact) mass is 370 g/mol. The van der Waals surface area contributed by atoms with Gasteiger partial charge in [-0.3, -0.25) is 4.79 Å². The van der Waals surface area contributed by atoms with Crippen LogP contribution in [0.2, 0.25) is 5.02 Å². The SMILES string of the molecule is O=C(c1cc2ccccn2c1)N1CCSC(c2ccccc2Cl)CC1. The number of carbonyl (C=O) groups excluding carboxylic acids is 1. The van der Waals surface area contributed by atoms with Gasteiger partial charge in [0.1, 0.15) is 0 Å². The van der Waals surface area contributed by atoms with Crippen molar-refractivity contribution in [2.24, 2.45) is 0 Å². The Labute approximate surface area is 156 Å². The molecular formula is C20H19ClN2OS. The van der Waals surface area contributed by atoms with Crippen molar-refractivity contribution in [1.82, 2.24) is 9.30 Å². The van der Waals surface area contributed by atoms with Crippen molar-refractivity contribution < 1.29 is 4.79 Å². The molecular weight excluding hydrogens is 352 g/mol. The zero-order chi connectivity index (χ0) is 17.2. The number of amides is 1. The van der Waals surface area contributed by atoms with Gasteiger partial charge in [0.2, 0.25) is 0 Å². The molecule has 0 aliphatic carbocycles. The number of fused-ring (bicyclic) bond motifs is 1. The smallest absolute Gasteiger partial charge is 0.255 e. The van der Waals surface area contributed by atoms with Crippen LogP contribution in [-0.4, -0.2) is 34.1 Å². The van der Waals surface area contributed by atoms with Gasteiger partial charge in [0.05, 0.1) is 5.56 Å². The van der Waals surface area contributed by atoms with Crippen molar-refractivity contribution >= 4 is 34.8 Å². The highest BCUT2D eigenvalue weighted by atomic mass is 35.5. The number of halogens is 1. The zero-order valence-electron chi connectivity index (χ0n) is 13.8. The number of nitrogens with zero attached hydrogens (tertiary/aromatic N) is 2. The van der Waals surface area contributed by atoms with E-state index < -0.39 is 0 Å². The van der Waals surface area contributed by atoms with Crippen LogP contribution in [0.3, 0.4) is 0 Å². The first-order chi connectivity index (χ1) is 12.2. The molecule has 0 radical (unpaired) electrons. The van der Waals surface area contributed by atoms with Crippen LogP contribution < -0.4 is 0 Å². The predicted octanol–water partition coefficient (Wildman–Crippen LogP) is 4.91. The second kappa shape index (κ2) is 7.14. The lowest BCUT2D eigenvalue weighted by Crippen LogP contribution is -2.32. The van der Waals surface area contributed by atoms with Crippen molar-refractivity contribution in [3.8, 4) is 0 Å². The van der Waals surface area contributed by atoms with Gasteiger partial charge < -0.3 is 9.30 Å². The lowest BCUT2D eigenvalue weighted by Gasteiger charge is -2.20. The first-order valence-corrected chi connectivity index (χ1v) is 9.87. The van der Waals surface area contributed by atoms with Gasteiger partial charge in [0.15, 0.2) is 0 Å². The predicted molar refractivity (Wildman–Crippen MR) is 105 cm³/mol. The van der Waals surface area contributed by atoms with E-state index in [-0.39, 0.29) is 5.91 Å². The molecule has 0 bridgehead atoms. The van der Waals surface area contributed by atoms with Crippen molar-refractivity contribution in [2.45, 2.75) is 11.7 Å². The van der Waals surface area contributed by atoms with Gasteiger partial charge in [-0.1, -0.05) is 35.9 Å². The van der Waals surface area contributed by atoms with Crippen LogP contribution in [0, 0.1) is 0 Å². The third-order valence-electron chi connectivity index (χ3n) is 4.63. The van der Waals surface area contributed by atoms with E-state index in [2.05, 4.69) is 6.07 Å². The Hall–Kier alpha value is -1.91. The van der Waals surface area contributed by atoms with Gasteiger partial charge in [0, 0.05) is 47.0 Å². The molecule has 3 aromatic rings. The number of hydrogen-bond acceptors (Lipinski definition) is 2. The Morgan fingerprint density at radius 3 is 2.80 bits per heavy atom. The number of rotatable bonds is 2. The fraction of sp³-hybridized carbons (Fsp3) is 0.250. The first-order valence-electron chi connectivity index (χ1n) is 8.44. The largest absolute Gasteiger partial charge is 0.338 e. The molecule has 1 aliphatic rings. The molecule has 4 rings (SSSR count). The van der Waals surface area contributed by atoms with E-state index in [4.69, 9.17) is 11.6 Å². The molecule has 128 valence electrons. The highest BCUT2D eigenvalue weighted by Gasteiger charge is 2.24. The molecule has 0 saturated carbocycles. The molecule has 1 aromatic carbocycles. The molecule has 0 N–H and O–H groups in total. The third kappa shape index (κ3) is 3.42. The summed E-state index contributed by atoms with van der Waals surface area (Å²) < 4.78 is 1.99. The number of carbonyl (C=O) groups is 1. The van der Waals surface area contributed by atoms with Crippen LogP contribution in [0.15, 0.2) is 60.9 Å². The van der Waals surface area contributed by atoms with E-state index in [9.17, 15) is 4.79 Å². The summed E-state index contributed by atoms with van der Waals surface area (Å²) in [5.41, 5.74) is 2.98. The molecule has 1 unspecified atom stereocenters. The summed E-state index contributed by atoms with van der Waals surface area (Å²) in [7, 11) is 0. The molecule has 25 heavy (non-hydrogen) atoms. The second-order valence-electron chi connectivity index (χ2n) is 6.22. The normalized spacial score (nSPS) is 18.3. The van der Waals surface area contributed by atoms with Crippen LogP contribution in [0.4, 0.5) is 0 Å². The van der Waals surface area contributed by atoms with Crippen LogP contribution in [-0.2, 0) is 0 Å². The van der Waals surface area contributed by atoms with Crippen LogP contribution >= 0.6 is 23.4 Å². The number of hydrogen-bond donors (Lipinski definition) is 0. The maximum absolute atomic E-state index is 12.9. The molecule has 1 saturated heterocycles. The molecule has 2 aromatic heterocycles. The highest BCUT2D eigenvalue weighted by Crippen LogP contribution is 2.38. The Kier molecular flexibility index (Phi) is 4.73. The van der Waals surface area contributed by atoms with E-state index in [1.807, 2.05) is 75.9 Å². The number of thioether (sulfide) groups is 1. The van der Waals surface area contributed by atoms with E-state index in [0.717, 1.165) is 41.4 Å². The summed E-state index contributed by atoms with van der Waals surface area (Å²) in [4.78, 5) is 14.9. The summed E-state index contributed by atoms with van der Waals surface area (Å²) in [6.07, 6.45) is 4.81. The number of pyridine rings is 1. The summed E-state index contributed by atoms with van der Waals surface area (Å²) in [5, 5.41) is 1.16. The summed E-state index contributed by atoms with van der Waals surface area (Å²) in [6.45, 7) is 1.53. The van der Waals surface area contributed by atoms with E-state index in [1.165, 1.54) is 5.56 Å². The lowest BCUT2D eigenvalue weighted by atomic mass is 10.1. The Bertz CT molecular complexity index is 874. The summed E-state index contributed by atoms with van der Waals surface area (Å²) in [6, 6.07) is 16.0. The number of aromatic nitrogens is 1. The van der Waals surface area contributed by atoms with E-state index in [1.54, 1.807) is 0 Å². The maximum Gasteiger partial charge on any atom is 0.255 e. The van der Waals surface area contributed by atoms with Crippen LogP contribution in [0.25, 0.3) is 5.52 Å². The minimum atomic E-state index is 0.115. The fourth-order valence-corrected chi connectivity index (χ4v) is 4.91. The average molecular weight is 371 g/mol. The van der Waals surface area contributed by atoms with Crippen LogP contribution in [0.1, 0.15) is 27.6 Å². The molecule has 1 atom stereocenters. The standard InChI is InChI=1S/C20H19ClN2OS/c21-18-7-2-1-6-17(18)19-8-10-22(11-12-25-19)20(24)15-13-16-5-3-4-9-23(16)14-15/h1-7,9,13-14,19H,8,10-12H2. The van der Waals surface area contributed by atoms with Crippen LogP contribution in [0.5, 0.6) is 0 Å². The van der Waals surface area contributed by atoms with E-state index >= 15 is 0 Å². The molecule has 5 heteroatoms. The topological polar surface area (TPSA) is 24.7 Å². The quantitative estimate of drug-likeness (QED) is 0.640. The summed E-state index contributed by atoms with van der Waals surface area (Å²) >= 11 is 8.24. The molecule has 3 heterocycles. The van der Waals surface area contributed by atoms with Gasteiger partial charge in [-0.15, -0.1) is 0 Å². The second-order valence-corrected chi connectivity index (χ2v) is 7.94. The van der Waals surface area contributed by atoms with Crippen molar-refractivity contribution in [3.63, 3.8) is 0 Å². The van der Waals surface area contributed by atoms with E-state index in [0.29, 0.717) is 5.25 Å². The van der Waals surface area contributed by atoms with Crippen molar-refractivity contribution in [2.75, 3.05) is 18.8 Å². The Balaban J connectivity index is 1.50. The van der Waals surface area contributed by atoms with Gasteiger partial charge in [-0.2, -0.15) is 11.8 Å². The molecule has 1 fully saturated rings. The first kappa shape index (κ1) is 16.6. The molecule has 0 spiro atoms. The molecule has 1 aliphatic heterocycles. The lowest BCUT2D eigenvalue weighted by molar-refractivity contribution is 0.0766. The van der Waals surface area contributed by atoms with Gasteiger partial charge in [-0.25, -0.2) is 0 Å². The van der Waals surface area contributed by atoms with Gasteiger partial charge >= 0.3 is 0 Å². The minimum absolute atomic E-state index is 0.115. The minimum Gasteiger partial charge on any atom is -0.338 e.